The van der Waals surface area contributed by atoms with Crippen LogP contribution in [0, 0.1) is 0 Å². The van der Waals surface area contributed by atoms with Gasteiger partial charge in [-0.15, -0.1) is 0 Å². The van der Waals surface area contributed by atoms with Crippen molar-refractivity contribution in [2.75, 3.05) is 0 Å². The van der Waals surface area contributed by atoms with Crippen molar-refractivity contribution in [1.82, 2.24) is 9.55 Å². The molecule has 0 atom stereocenters. The van der Waals surface area contributed by atoms with E-state index in [4.69, 9.17) is 4.74 Å². The van der Waals surface area contributed by atoms with E-state index in [1.165, 1.54) is 16.5 Å². The van der Waals surface area contributed by atoms with Crippen LogP contribution in [0.1, 0.15) is 19.4 Å². The molecule has 0 aliphatic carbocycles. The van der Waals surface area contributed by atoms with Gasteiger partial charge in [-0.25, -0.2) is 0 Å². The maximum absolute atomic E-state index is 5.73. The van der Waals surface area contributed by atoms with Crippen LogP contribution in [0.4, 0.5) is 0 Å². The first-order chi connectivity index (χ1) is 9.72. The normalized spacial score (nSPS) is 11.2. The molecule has 0 fully saturated rings. The number of pyridine rings is 1. The van der Waals surface area contributed by atoms with Gasteiger partial charge in [0.15, 0.2) is 0 Å². The highest BCUT2D eigenvalue weighted by Gasteiger charge is 2.04. The Labute approximate surface area is 118 Å². The van der Waals surface area contributed by atoms with Crippen LogP contribution in [0.25, 0.3) is 10.9 Å². The first kappa shape index (κ1) is 12.7. The zero-order chi connectivity index (χ0) is 13.9. The van der Waals surface area contributed by atoms with Gasteiger partial charge in [-0.05, 0) is 49.7 Å². The first-order valence-electron chi connectivity index (χ1n) is 6.87. The molecule has 102 valence electrons. The predicted octanol–water partition coefficient (Wildman–Crippen LogP) is 3.87. The Kier molecular flexibility index (Phi) is 3.42. The van der Waals surface area contributed by atoms with E-state index in [1.54, 1.807) is 6.20 Å². The molecule has 0 radical (unpaired) electrons. The van der Waals surface area contributed by atoms with Crippen molar-refractivity contribution in [1.29, 1.82) is 0 Å². The van der Waals surface area contributed by atoms with Crippen molar-refractivity contribution in [2.24, 2.45) is 0 Å². The molecule has 20 heavy (non-hydrogen) atoms. The van der Waals surface area contributed by atoms with Gasteiger partial charge in [0.1, 0.15) is 5.75 Å². The van der Waals surface area contributed by atoms with Crippen LogP contribution >= 0.6 is 0 Å². The van der Waals surface area contributed by atoms with Crippen molar-refractivity contribution >= 4 is 10.9 Å². The molecule has 3 rings (SSSR count). The van der Waals surface area contributed by atoms with E-state index in [2.05, 4.69) is 40.0 Å². The maximum Gasteiger partial charge on any atom is 0.120 e. The summed E-state index contributed by atoms with van der Waals surface area (Å²) in [6.07, 6.45) is 6.01. The van der Waals surface area contributed by atoms with Crippen LogP contribution in [0.3, 0.4) is 0 Å². The fourth-order valence-corrected chi connectivity index (χ4v) is 2.35. The second-order valence-electron chi connectivity index (χ2n) is 5.19. The first-order valence-corrected chi connectivity index (χ1v) is 6.87. The van der Waals surface area contributed by atoms with Crippen LogP contribution in [0.2, 0.25) is 0 Å². The average Bonchev–Trinajstić information content (AvgIpc) is 2.82. The summed E-state index contributed by atoms with van der Waals surface area (Å²) in [7, 11) is 0. The van der Waals surface area contributed by atoms with Gasteiger partial charge in [0.2, 0.25) is 0 Å². The number of aromatic nitrogens is 2. The van der Waals surface area contributed by atoms with Crippen molar-refractivity contribution in [2.45, 2.75) is 26.5 Å². The lowest BCUT2D eigenvalue weighted by Gasteiger charge is -2.10. The third-order valence-corrected chi connectivity index (χ3v) is 3.19. The summed E-state index contributed by atoms with van der Waals surface area (Å²) in [5.41, 5.74) is 2.41. The minimum atomic E-state index is 0.199. The summed E-state index contributed by atoms with van der Waals surface area (Å²) in [4.78, 5) is 4.16. The average molecular weight is 266 g/mol. The summed E-state index contributed by atoms with van der Waals surface area (Å²) < 4.78 is 7.96. The van der Waals surface area contributed by atoms with Crippen LogP contribution in [0.15, 0.2) is 55.0 Å². The largest absolute Gasteiger partial charge is 0.491 e. The smallest absolute Gasteiger partial charge is 0.120 e. The Morgan fingerprint density at radius 1 is 1.20 bits per heavy atom. The molecule has 0 unspecified atom stereocenters. The van der Waals surface area contributed by atoms with E-state index < -0.39 is 0 Å². The monoisotopic (exact) mass is 266 g/mol. The van der Waals surface area contributed by atoms with Crippen LogP contribution in [-0.2, 0) is 6.54 Å². The van der Waals surface area contributed by atoms with Gasteiger partial charge >= 0.3 is 0 Å². The topological polar surface area (TPSA) is 27.1 Å². The number of rotatable bonds is 4. The molecular formula is C17H18N2O. The van der Waals surface area contributed by atoms with Gasteiger partial charge in [0.05, 0.1) is 6.10 Å². The summed E-state index contributed by atoms with van der Waals surface area (Å²) >= 11 is 0. The lowest BCUT2D eigenvalue weighted by atomic mass is 10.2. The number of benzene rings is 1. The van der Waals surface area contributed by atoms with Crippen molar-refractivity contribution in [3.05, 3.63) is 60.6 Å². The summed E-state index contributed by atoms with van der Waals surface area (Å²) in [6, 6.07) is 12.4. The van der Waals surface area contributed by atoms with Crippen molar-refractivity contribution in [3.8, 4) is 5.75 Å². The van der Waals surface area contributed by atoms with Gasteiger partial charge < -0.3 is 9.30 Å². The van der Waals surface area contributed by atoms with Crippen molar-refractivity contribution < 1.29 is 4.74 Å². The molecule has 1 aromatic carbocycles. The second-order valence-corrected chi connectivity index (χ2v) is 5.19. The zero-order valence-corrected chi connectivity index (χ0v) is 11.8. The summed E-state index contributed by atoms with van der Waals surface area (Å²) in [5.74, 6) is 0.923. The van der Waals surface area contributed by atoms with E-state index in [-0.39, 0.29) is 6.10 Å². The molecule has 3 heteroatoms. The van der Waals surface area contributed by atoms with Crippen molar-refractivity contribution in [3.63, 3.8) is 0 Å². The van der Waals surface area contributed by atoms with Gasteiger partial charge in [-0.3, -0.25) is 4.98 Å². The fraction of sp³-hybridized carbons (Fsp3) is 0.235. The van der Waals surface area contributed by atoms with Crippen LogP contribution in [-0.4, -0.2) is 15.7 Å². The zero-order valence-electron chi connectivity index (χ0n) is 11.8. The Morgan fingerprint density at radius 2 is 2.10 bits per heavy atom. The van der Waals surface area contributed by atoms with E-state index in [9.17, 15) is 0 Å². The Hall–Kier alpha value is -2.29. The third kappa shape index (κ3) is 2.67. The highest BCUT2D eigenvalue weighted by molar-refractivity contribution is 5.81. The number of hydrogen-bond acceptors (Lipinski definition) is 2. The molecule has 3 aromatic rings. The number of ether oxygens (including phenoxy) is 1. The molecule has 2 heterocycles. The molecular weight excluding hydrogens is 248 g/mol. The summed E-state index contributed by atoms with van der Waals surface area (Å²) in [5, 5.41) is 1.20. The highest BCUT2D eigenvalue weighted by atomic mass is 16.5. The molecule has 0 aliphatic heterocycles. The molecule has 0 spiro atoms. The van der Waals surface area contributed by atoms with Gasteiger partial charge in [0.25, 0.3) is 0 Å². The Balaban J connectivity index is 1.90. The van der Waals surface area contributed by atoms with Crippen LogP contribution < -0.4 is 4.74 Å². The lowest BCUT2D eigenvalue weighted by Crippen LogP contribution is -2.05. The van der Waals surface area contributed by atoms with E-state index in [0.29, 0.717) is 0 Å². The molecule has 0 saturated heterocycles. The SMILES string of the molecule is CC(C)Oc1ccc2c(ccn2Cc2cccnc2)c1. The lowest BCUT2D eigenvalue weighted by molar-refractivity contribution is 0.243. The number of nitrogens with zero attached hydrogens (tertiary/aromatic N) is 2. The molecule has 0 amide bonds. The fourth-order valence-electron chi connectivity index (χ4n) is 2.35. The predicted molar refractivity (Wildman–Crippen MR) is 81.0 cm³/mol. The second kappa shape index (κ2) is 5.37. The van der Waals surface area contributed by atoms with E-state index in [1.807, 2.05) is 32.2 Å². The molecule has 0 saturated carbocycles. The number of hydrogen-bond donors (Lipinski definition) is 0. The highest BCUT2D eigenvalue weighted by Crippen LogP contribution is 2.23. The molecule has 0 bridgehead atoms. The number of fused-ring (bicyclic) bond motifs is 1. The molecule has 2 aromatic heterocycles. The van der Waals surface area contributed by atoms with Crippen LogP contribution in [0.5, 0.6) is 5.75 Å². The third-order valence-electron chi connectivity index (χ3n) is 3.19. The van der Waals surface area contributed by atoms with Gasteiger partial charge in [0, 0.05) is 36.0 Å². The quantitative estimate of drug-likeness (QED) is 0.716. The van der Waals surface area contributed by atoms with E-state index in [0.717, 1.165) is 12.3 Å². The standard InChI is InChI=1S/C17H18N2O/c1-13(2)20-16-5-6-17-15(10-16)7-9-19(17)12-14-4-3-8-18-11-14/h3-11,13H,12H2,1-2H3. The molecule has 0 N–H and O–H groups in total. The minimum Gasteiger partial charge on any atom is -0.491 e. The van der Waals surface area contributed by atoms with Gasteiger partial charge in [-0.2, -0.15) is 0 Å². The summed E-state index contributed by atoms with van der Waals surface area (Å²) in [6.45, 7) is 4.91. The van der Waals surface area contributed by atoms with E-state index >= 15 is 0 Å². The Morgan fingerprint density at radius 3 is 2.85 bits per heavy atom. The maximum atomic E-state index is 5.73. The minimum absolute atomic E-state index is 0.199. The molecule has 3 nitrogen and oxygen atoms in total. The Bertz CT molecular complexity index is 701. The van der Waals surface area contributed by atoms with Gasteiger partial charge in [-0.1, -0.05) is 6.07 Å². The molecule has 0 aliphatic rings.